The van der Waals surface area contributed by atoms with Crippen molar-refractivity contribution < 1.29 is 13.2 Å². The SMILES string of the molecule is CC1CCN(C(=O)[C@@H](C)N(c2cc(Cl)ccc2Cl)S(C)(=O)=O)CC1. The first kappa shape index (κ1) is 19.3. The van der Waals surface area contributed by atoms with Gasteiger partial charge in [-0.15, -0.1) is 0 Å². The van der Waals surface area contributed by atoms with Crippen LogP contribution in [0.2, 0.25) is 10.0 Å². The number of hydrogen-bond acceptors (Lipinski definition) is 3. The molecule has 1 aromatic carbocycles. The van der Waals surface area contributed by atoms with Gasteiger partial charge in [0.05, 0.1) is 17.0 Å². The van der Waals surface area contributed by atoms with Crippen molar-refractivity contribution in [3.63, 3.8) is 0 Å². The van der Waals surface area contributed by atoms with Crippen LogP contribution < -0.4 is 4.31 Å². The molecule has 1 fully saturated rings. The Morgan fingerprint density at radius 2 is 1.88 bits per heavy atom. The number of benzene rings is 1. The van der Waals surface area contributed by atoms with Crippen LogP contribution in [0.4, 0.5) is 5.69 Å². The maximum atomic E-state index is 12.8. The summed E-state index contributed by atoms with van der Waals surface area (Å²) in [5.74, 6) is 0.362. The second-order valence-electron chi connectivity index (χ2n) is 6.34. The molecular formula is C16H22Cl2N2O3S. The minimum atomic E-state index is -3.71. The number of amides is 1. The van der Waals surface area contributed by atoms with E-state index in [2.05, 4.69) is 6.92 Å². The number of rotatable bonds is 4. The monoisotopic (exact) mass is 392 g/mol. The van der Waals surface area contributed by atoms with Crippen molar-refractivity contribution in [2.24, 2.45) is 5.92 Å². The van der Waals surface area contributed by atoms with Crippen molar-refractivity contribution in [3.8, 4) is 0 Å². The molecule has 5 nitrogen and oxygen atoms in total. The zero-order valence-corrected chi connectivity index (χ0v) is 16.3. The van der Waals surface area contributed by atoms with E-state index in [1.54, 1.807) is 17.9 Å². The highest BCUT2D eigenvalue weighted by molar-refractivity contribution is 7.92. The first-order valence-electron chi connectivity index (χ1n) is 7.84. The highest BCUT2D eigenvalue weighted by Crippen LogP contribution is 2.32. The number of halogens is 2. The van der Waals surface area contributed by atoms with E-state index in [1.807, 2.05) is 0 Å². The number of likely N-dealkylation sites (tertiary alicyclic amines) is 1. The number of hydrogen-bond donors (Lipinski definition) is 0. The van der Waals surface area contributed by atoms with E-state index in [0.29, 0.717) is 24.0 Å². The van der Waals surface area contributed by atoms with Crippen LogP contribution in [0, 0.1) is 5.92 Å². The number of nitrogens with zero attached hydrogens (tertiary/aromatic N) is 2. The minimum Gasteiger partial charge on any atom is -0.341 e. The Bertz CT molecular complexity index is 716. The van der Waals surface area contributed by atoms with E-state index in [9.17, 15) is 13.2 Å². The average molecular weight is 393 g/mol. The summed E-state index contributed by atoms with van der Waals surface area (Å²) in [6.45, 7) is 5.02. The van der Waals surface area contributed by atoms with Crippen molar-refractivity contribution in [2.75, 3.05) is 23.7 Å². The first-order chi connectivity index (χ1) is 11.1. The molecule has 0 aliphatic carbocycles. The summed E-state index contributed by atoms with van der Waals surface area (Å²) in [5.41, 5.74) is 0.220. The molecule has 1 heterocycles. The Balaban J connectivity index is 2.34. The predicted octanol–water partition coefficient (Wildman–Crippen LogP) is 3.41. The lowest BCUT2D eigenvalue weighted by Gasteiger charge is -2.36. The van der Waals surface area contributed by atoms with E-state index < -0.39 is 16.1 Å². The summed E-state index contributed by atoms with van der Waals surface area (Å²) in [5, 5.41) is 0.589. The third-order valence-corrected chi connectivity index (χ3v) is 6.09. The lowest BCUT2D eigenvalue weighted by molar-refractivity contribution is -0.133. The van der Waals surface area contributed by atoms with Crippen LogP contribution in [0.25, 0.3) is 0 Å². The van der Waals surface area contributed by atoms with E-state index in [0.717, 1.165) is 23.4 Å². The van der Waals surface area contributed by atoms with Crippen LogP contribution >= 0.6 is 23.2 Å². The summed E-state index contributed by atoms with van der Waals surface area (Å²) in [6, 6.07) is 3.68. The van der Waals surface area contributed by atoms with Gasteiger partial charge >= 0.3 is 0 Å². The van der Waals surface area contributed by atoms with Crippen molar-refractivity contribution in [2.45, 2.75) is 32.7 Å². The van der Waals surface area contributed by atoms with Gasteiger partial charge in [-0.05, 0) is 43.9 Å². The van der Waals surface area contributed by atoms with E-state index >= 15 is 0 Å². The molecule has 0 spiro atoms. The van der Waals surface area contributed by atoms with Crippen LogP contribution in [0.1, 0.15) is 26.7 Å². The fraction of sp³-hybridized carbons (Fsp3) is 0.562. The first-order valence-corrected chi connectivity index (χ1v) is 10.4. The van der Waals surface area contributed by atoms with Gasteiger partial charge in [-0.25, -0.2) is 8.42 Å². The molecule has 134 valence electrons. The number of piperidine rings is 1. The molecular weight excluding hydrogens is 371 g/mol. The molecule has 0 radical (unpaired) electrons. The predicted molar refractivity (Wildman–Crippen MR) is 98.2 cm³/mol. The van der Waals surface area contributed by atoms with Gasteiger partial charge in [0.25, 0.3) is 0 Å². The highest BCUT2D eigenvalue weighted by atomic mass is 35.5. The number of sulfonamides is 1. The summed E-state index contributed by atoms with van der Waals surface area (Å²) in [4.78, 5) is 14.5. The third-order valence-electron chi connectivity index (χ3n) is 4.31. The largest absolute Gasteiger partial charge is 0.341 e. The van der Waals surface area contributed by atoms with Gasteiger partial charge in [0.15, 0.2) is 0 Å². The van der Waals surface area contributed by atoms with Crippen molar-refractivity contribution in [1.82, 2.24) is 4.90 Å². The molecule has 2 rings (SSSR count). The van der Waals surface area contributed by atoms with Gasteiger partial charge < -0.3 is 4.90 Å². The standard InChI is InChI=1S/C16H22Cl2N2O3S/c1-11-6-8-19(9-7-11)16(21)12(2)20(24(3,22)23)15-10-13(17)4-5-14(15)18/h4-5,10-12H,6-9H2,1-3H3/t12-/m1/s1. The summed E-state index contributed by atoms with van der Waals surface area (Å²) in [7, 11) is -3.71. The normalized spacial score (nSPS) is 17.6. The average Bonchev–Trinajstić information content (AvgIpc) is 2.49. The zero-order chi connectivity index (χ0) is 18.1. The Kier molecular flexibility index (Phi) is 6.04. The molecule has 0 bridgehead atoms. The Morgan fingerprint density at radius 3 is 2.42 bits per heavy atom. The molecule has 1 saturated heterocycles. The quantitative estimate of drug-likeness (QED) is 0.788. The van der Waals surface area contributed by atoms with Crippen molar-refractivity contribution >= 4 is 44.8 Å². The smallest absolute Gasteiger partial charge is 0.246 e. The second-order valence-corrected chi connectivity index (χ2v) is 9.04. The molecule has 1 aromatic rings. The molecule has 8 heteroatoms. The summed E-state index contributed by atoms with van der Waals surface area (Å²) >= 11 is 12.1. The van der Waals surface area contributed by atoms with E-state index in [4.69, 9.17) is 23.2 Å². The van der Waals surface area contributed by atoms with Crippen LogP contribution in [0.5, 0.6) is 0 Å². The van der Waals surface area contributed by atoms with Crippen molar-refractivity contribution in [1.29, 1.82) is 0 Å². The molecule has 1 atom stereocenters. The highest BCUT2D eigenvalue weighted by Gasteiger charge is 2.34. The zero-order valence-electron chi connectivity index (χ0n) is 14.0. The van der Waals surface area contributed by atoms with Gasteiger partial charge in [0.2, 0.25) is 15.9 Å². The molecule has 0 N–H and O–H groups in total. The molecule has 0 unspecified atom stereocenters. The number of carbonyl (C=O) groups excluding carboxylic acids is 1. The van der Waals surface area contributed by atoms with E-state index in [1.165, 1.54) is 12.1 Å². The lowest BCUT2D eigenvalue weighted by atomic mass is 9.99. The maximum absolute atomic E-state index is 12.8. The van der Waals surface area contributed by atoms with Gasteiger partial charge in [-0.3, -0.25) is 9.10 Å². The molecule has 0 aromatic heterocycles. The van der Waals surface area contributed by atoms with Crippen LogP contribution in [0.15, 0.2) is 18.2 Å². The van der Waals surface area contributed by atoms with Gasteiger partial charge in [0.1, 0.15) is 6.04 Å². The Morgan fingerprint density at radius 1 is 1.29 bits per heavy atom. The fourth-order valence-corrected chi connectivity index (χ4v) is 4.52. The van der Waals surface area contributed by atoms with E-state index in [-0.39, 0.29) is 16.6 Å². The molecule has 1 aliphatic heterocycles. The Labute approximate surface area is 153 Å². The Hall–Kier alpha value is -0.980. The van der Waals surface area contributed by atoms with Gasteiger partial charge in [-0.2, -0.15) is 0 Å². The summed E-state index contributed by atoms with van der Waals surface area (Å²) < 4.78 is 25.7. The summed E-state index contributed by atoms with van der Waals surface area (Å²) in [6.07, 6.45) is 2.91. The number of anilines is 1. The molecule has 1 aliphatic rings. The fourth-order valence-electron chi connectivity index (χ4n) is 2.92. The second kappa shape index (κ2) is 7.50. The van der Waals surface area contributed by atoms with Gasteiger partial charge in [0, 0.05) is 18.1 Å². The van der Waals surface area contributed by atoms with Gasteiger partial charge in [-0.1, -0.05) is 30.1 Å². The van der Waals surface area contributed by atoms with Crippen LogP contribution in [-0.4, -0.2) is 44.6 Å². The van der Waals surface area contributed by atoms with Crippen LogP contribution in [0.3, 0.4) is 0 Å². The van der Waals surface area contributed by atoms with Crippen LogP contribution in [-0.2, 0) is 14.8 Å². The number of carbonyl (C=O) groups is 1. The molecule has 1 amide bonds. The maximum Gasteiger partial charge on any atom is 0.246 e. The molecule has 24 heavy (non-hydrogen) atoms. The molecule has 0 saturated carbocycles. The topological polar surface area (TPSA) is 57.7 Å². The minimum absolute atomic E-state index is 0.219. The van der Waals surface area contributed by atoms with Crippen molar-refractivity contribution in [3.05, 3.63) is 28.2 Å². The lowest BCUT2D eigenvalue weighted by Crippen LogP contribution is -2.51. The third kappa shape index (κ3) is 4.35.